The van der Waals surface area contributed by atoms with E-state index in [2.05, 4.69) is 35.3 Å². The van der Waals surface area contributed by atoms with Crippen LogP contribution >= 0.6 is 0 Å². The first-order valence-corrected chi connectivity index (χ1v) is 11.1. The molecule has 0 aromatic heterocycles. The molecule has 1 aliphatic carbocycles. The summed E-state index contributed by atoms with van der Waals surface area (Å²) < 4.78 is 0. The van der Waals surface area contributed by atoms with E-state index in [0.717, 1.165) is 44.0 Å². The zero-order valence-corrected chi connectivity index (χ0v) is 18.0. The van der Waals surface area contributed by atoms with Crippen molar-refractivity contribution in [1.82, 2.24) is 5.32 Å². The van der Waals surface area contributed by atoms with Gasteiger partial charge in [-0.1, -0.05) is 18.6 Å². The van der Waals surface area contributed by atoms with Crippen molar-refractivity contribution in [3.63, 3.8) is 0 Å². The summed E-state index contributed by atoms with van der Waals surface area (Å²) in [6, 6.07) is 8.03. The maximum Gasteiger partial charge on any atom is 0.240 e. The second kappa shape index (κ2) is 10.5. The third-order valence-electron chi connectivity index (χ3n) is 6.15. The lowest BCUT2D eigenvalue weighted by atomic mass is 9.97. The Morgan fingerprint density at radius 3 is 2.48 bits per heavy atom. The van der Waals surface area contributed by atoms with E-state index >= 15 is 0 Å². The van der Waals surface area contributed by atoms with Gasteiger partial charge in [0, 0.05) is 37.9 Å². The lowest BCUT2D eigenvalue weighted by Gasteiger charge is -2.32. The number of nitrogens with zero attached hydrogens (tertiary/aromatic N) is 2. The Kier molecular flexibility index (Phi) is 7.73. The summed E-state index contributed by atoms with van der Waals surface area (Å²) in [5, 5.41) is 2.97. The third kappa shape index (κ3) is 6.34. The summed E-state index contributed by atoms with van der Waals surface area (Å²) in [6.45, 7) is 6.69. The molecule has 5 nitrogen and oxygen atoms in total. The summed E-state index contributed by atoms with van der Waals surface area (Å²) in [5.41, 5.74) is 3.41. The van der Waals surface area contributed by atoms with Crippen molar-refractivity contribution in [3.05, 3.63) is 35.9 Å². The molecule has 0 atom stereocenters. The number of hydrogen-bond acceptors (Lipinski definition) is 3. The Balaban J connectivity index is 1.52. The van der Waals surface area contributed by atoms with E-state index < -0.39 is 0 Å². The number of hydrogen-bond donors (Lipinski definition) is 1. The van der Waals surface area contributed by atoms with Crippen LogP contribution in [0.3, 0.4) is 0 Å². The van der Waals surface area contributed by atoms with Gasteiger partial charge in [0.2, 0.25) is 11.8 Å². The molecular weight excluding hydrogens is 362 g/mol. The highest BCUT2D eigenvalue weighted by atomic mass is 16.2. The molecule has 158 valence electrons. The first-order valence-electron chi connectivity index (χ1n) is 11.1. The smallest absolute Gasteiger partial charge is 0.240 e. The fourth-order valence-electron chi connectivity index (χ4n) is 4.19. The van der Waals surface area contributed by atoms with Crippen LogP contribution < -0.4 is 15.1 Å². The van der Waals surface area contributed by atoms with Gasteiger partial charge in [-0.25, -0.2) is 0 Å². The van der Waals surface area contributed by atoms with Crippen molar-refractivity contribution < 1.29 is 9.59 Å². The summed E-state index contributed by atoms with van der Waals surface area (Å²) in [4.78, 5) is 28.5. The largest absolute Gasteiger partial charge is 0.372 e. The Labute approximate surface area is 175 Å². The Hall–Kier alpha value is -2.30. The molecule has 1 saturated heterocycles. The fourth-order valence-corrected chi connectivity index (χ4v) is 4.19. The minimum Gasteiger partial charge on any atom is -0.372 e. The number of allylic oxidation sites excluding steroid dienone is 1. The first-order chi connectivity index (χ1) is 14.0. The van der Waals surface area contributed by atoms with Crippen LogP contribution in [-0.4, -0.2) is 38.0 Å². The highest BCUT2D eigenvalue weighted by Crippen LogP contribution is 2.25. The SMILES string of the molecule is CC(=O)N(CC(=O)NCCC1=CCCCC1)c1ccc(N2CCC(C)CC2)cc1. The lowest BCUT2D eigenvalue weighted by molar-refractivity contribution is -0.123. The van der Waals surface area contributed by atoms with Gasteiger partial charge in [-0.3, -0.25) is 9.59 Å². The average molecular weight is 398 g/mol. The van der Waals surface area contributed by atoms with E-state index in [1.165, 1.54) is 43.9 Å². The molecule has 3 rings (SSSR count). The first kappa shape index (κ1) is 21.4. The number of piperidine rings is 1. The van der Waals surface area contributed by atoms with Gasteiger partial charge in [0.05, 0.1) is 0 Å². The molecule has 0 bridgehead atoms. The highest BCUT2D eigenvalue weighted by Gasteiger charge is 2.18. The standard InChI is InChI=1S/C24H35N3O2/c1-19-13-16-26(17-14-19)22-8-10-23(11-9-22)27(20(2)28)18-24(29)25-15-12-21-6-4-3-5-7-21/h6,8-11,19H,3-5,7,12-18H2,1-2H3,(H,25,29). The van der Waals surface area contributed by atoms with Crippen LogP contribution in [0.25, 0.3) is 0 Å². The Bertz CT molecular complexity index is 718. The van der Waals surface area contributed by atoms with Gasteiger partial charge in [0.25, 0.3) is 0 Å². The molecule has 1 N–H and O–H groups in total. The van der Waals surface area contributed by atoms with Gasteiger partial charge in [-0.2, -0.15) is 0 Å². The van der Waals surface area contributed by atoms with Crippen LogP contribution in [0.2, 0.25) is 0 Å². The van der Waals surface area contributed by atoms with Crippen LogP contribution in [0.5, 0.6) is 0 Å². The molecule has 0 unspecified atom stereocenters. The van der Waals surface area contributed by atoms with Gasteiger partial charge in [-0.05, 0) is 75.1 Å². The zero-order valence-electron chi connectivity index (χ0n) is 18.0. The number of nitrogens with one attached hydrogen (secondary N) is 1. The van der Waals surface area contributed by atoms with Crippen LogP contribution in [0, 0.1) is 5.92 Å². The average Bonchev–Trinajstić information content (AvgIpc) is 2.73. The van der Waals surface area contributed by atoms with E-state index in [4.69, 9.17) is 0 Å². The third-order valence-corrected chi connectivity index (χ3v) is 6.15. The van der Waals surface area contributed by atoms with Crippen molar-refractivity contribution in [2.24, 2.45) is 5.92 Å². The quantitative estimate of drug-likeness (QED) is 0.699. The van der Waals surface area contributed by atoms with E-state index in [1.807, 2.05) is 12.1 Å². The number of anilines is 2. The minimum atomic E-state index is -0.116. The predicted molar refractivity (Wildman–Crippen MR) is 119 cm³/mol. The van der Waals surface area contributed by atoms with Crippen molar-refractivity contribution in [1.29, 1.82) is 0 Å². The maximum absolute atomic E-state index is 12.4. The summed E-state index contributed by atoms with van der Waals surface area (Å²) in [5.74, 6) is 0.576. The Morgan fingerprint density at radius 2 is 1.86 bits per heavy atom. The van der Waals surface area contributed by atoms with Gasteiger partial charge < -0.3 is 15.1 Å². The van der Waals surface area contributed by atoms with Crippen LogP contribution in [0.1, 0.15) is 58.8 Å². The number of rotatable bonds is 7. The van der Waals surface area contributed by atoms with Crippen LogP contribution in [0.15, 0.2) is 35.9 Å². The predicted octanol–water partition coefficient (Wildman–Crippen LogP) is 4.28. The second-order valence-electron chi connectivity index (χ2n) is 8.50. The van der Waals surface area contributed by atoms with Gasteiger partial charge >= 0.3 is 0 Å². The summed E-state index contributed by atoms with van der Waals surface area (Å²) >= 11 is 0. The minimum absolute atomic E-state index is 0.0644. The molecule has 5 heteroatoms. The molecule has 1 aliphatic heterocycles. The molecule has 1 fully saturated rings. The molecule has 2 amide bonds. The second-order valence-corrected chi connectivity index (χ2v) is 8.50. The van der Waals surface area contributed by atoms with Crippen molar-refractivity contribution in [3.8, 4) is 0 Å². The van der Waals surface area contributed by atoms with E-state index in [9.17, 15) is 9.59 Å². The van der Waals surface area contributed by atoms with Gasteiger partial charge in [0.15, 0.2) is 0 Å². The van der Waals surface area contributed by atoms with Crippen molar-refractivity contribution in [2.75, 3.05) is 36.0 Å². The van der Waals surface area contributed by atoms with Gasteiger partial charge in [-0.15, -0.1) is 0 Å². The molecule has 1 aromatic carbocycles. The van der Waals surface area contributed by atoms with Gasteiger partial charge in [0.1, 0.15) is 6.54 Å². The molecule has 0 radical (unpaired) electrons. The monoisotopic (exact) mass is 397 g/mol. The number of amides is 2. The van der Waals surface area contributed by atoms with Crippen LogP contribution in [-0.2, 0) is 9.59 Å². The molecule has 2 aliphatic rings. The Morgan fingerprint density at radius 1 is 1.14 bits per heavy atom. The molecular formula is C24H35N3O2. The topological polar surface area (TPSA) is 52.7 Å². The van der Waals surface area contributed by atoms with E-state index in [0.29, 0.717) is 6.54 Å². The molecule has 1 heterocycles. The number of carbonyl (C=O) groups excluding carboxylic acids is 2. The maximum atomic E-state index is 12.4. The molecule has 0 spiro atoms. The fraction of sp³-hybridized carbons (Fsp3) is 0.583. The number of benzene rings is 1. The molecule has 0 saturated carbocycles. The summed E-state index contributed by atoms with van der Waals surface area (Å²) in [6.07, 6.45) is 10.5. The van der Waals surface area contributed by atoms with Crippen LogP contribution in [0.4, 0.5) is 11.4 Å². The van der Waals surface area contributed by atoms with Crippen molar-refractivity contribution >= 4 is 23.2 Å². The lowest BCUT2D eigenvalue weighted by Crippen LogP contribution is -2.40. The highest BCUT2D eigenvalue weighted by molar-refractivity contribution is 5.97. The van der Waals surface area contributed by atoms with E-state index in [-0.39, 0.29) is 18.4 Å². The molecule has 29 heavy (non-hydrogen) atoms. The zero-order chi connectivity index (χ0) is 20.6. The molecule has 1 aromatic rings. The normalized spacial score (nSPS) is 17.6. The van der Waals surface area contributed by atoms with Crippen molar-refractivity contribution in [2.45, 2.75) is 58.8 Å². The number of carbonyl (C=O) groups is 2. The summed E-state index contributed by atoms with van der Waals surface area (Å²) in [7, 11) is 0. The van der Waals surface area contributed by atoms with E-state index in [1.54, 1.807) is 4.90 Å².